The second-order valence-corrected chi connectivity index (χ2v) is 7.16. The van der Waals surface area contributed by atoms with Gasteiger partial charge in [-0.15, -0.1) is 0 Å². The predicted octanol–water partition coefficient (Wildman–Crippen LogP) is 3.80. The van der Waals surface area contributed by atoms with Crippen molar-refractivity contribution < 1.29 is 9.21 Å². The standard InChI is InChI=1S/C18H23N5O2/c1-10-7-8-14(25-10)15-11(2)16(22-21-15)20-17(24)13-9-19-23(12(13)3)18(4,5)6/h7-9H,1-6H3,(H2,20,21,22,24). The first-order chi connectivity index (χ1) is 11.7. The van der Waals surface area contributed by atoms with Crippen molar-refractivity contribution in [1.82, 2.24) is 20.0 Å². The lowest BCUT2D eigenvalue weighted by Gasteiger charge is -2.21. The second kappa shape index (κ2) is 5.91. The lowest BCUT2D eigenvalue weighted by atomic mass is 10.1. The molecule has 132 valence electrons. The Labute approximate surface area is 146 Å². The van der Waals surface area contributed by atoms with Gasteiger partial charge in [-0.2, -0.15) is 10.2 Å². The highest BCUT2D eigenvalue weighted by atomic mass is 16.3. The van der Waals surface area contributed by atoms with Crippen molar-refractivity contribution in [2.75, 3.05) is 5.32 Å². The molecule has 7 heteroatoms. The smallest absolute Gasteiger partial charge is 0.260 e. The van der Waals surface area contributed by atoms with E-state index in [0.717, 1.165) is 22.7 Å². The van der Waals surface area contributed by atoms with Gasteiger partial charge < -0.3 is 9.73 Å². The zero-order valence-corrected chi connectivity index (χ0v) is 15.4. The number of amides is 1. The number of carbonyl (C=O) groups is 1. The van der Waals surface area contributed by atoms with Gasteiger partial charge in [0, 0.05) is 11.3 Å². The number of carbonyl (C=O) groups excluding carboxylic acids is 1. The average molecular weight is 341 g/mol. The first-order valence-electron chi connectivity index (χ1n) is 8.16. The summed E-state index contributed by atoms with van der Waals surface area (Å²) in [7, 11) is 0. The third-order valence-corrected chi connectivity index (χ3v) is 4.12. The molecular weight excluding hydrogens is 318 g/mol. The van der Waals surface area contributed by atoms with Crippen LogP contribution in [0.2, 0.25) is 0 Å². The SMILES string of the molecule is Cc1ccc(-c2[nH]nc(NC(=O)c3cnn(C(C)(C)C)c3C)c2C)o1. The summed E-state index contributed by atoms with van der Waals surface area (Å²) in [5, 5.41) is 14.3. The summed E-state index contributed by atoms with van der Waals surface area (Å²) in [6, 6.07) is 3.76. The summed E-state index contributed by atoms with van der Waals surface area (Å²) in [5.74, 6) is 1.77. The third kappa shape index (κ3) is 3.09. The normalized spacial score (nSPS) is 11.8. The van der Waals surface area contributed by atoms with Gasteiger partial charge in [-0.05, 0) is 53.7 Å². The summed E-state index contributed by atoms with van der Waals surface area (Å²) in [6.45, 7) is 11.8. The Kier molecular flexibility index (Phi) is 4.02. The van der Waals surface area contributed by atoms with Crippen molar-refractivity contribution in [3.8, 4) is 11.5 Å². The molecule has 3 aromatic rings. The van der Waals surface area contributed by atoms with Gasteiger partial charge in [0.15, 0.2) is 11.6 Å². The molecule has 0 aliphatic rings. The number of hydrogen-bond donors (Lipinski definition) is 2. The number of rotatable bonds is 3. The van der Waals surface area contributed by atoms with Crippen LogP contribution in [0.1, 0.15) is 48.1 Å². The number of anilines is 1. The first kappa shape index (κ1) is 17.0. The summed E-state index contributed by atoms with van der Waals surface area (Å²) in [4.78, 5) is 12.6. The van der Waals surface area contributed by atoms with E-state index in [1.807, 2.05) is 58.4 Å². The van der Waals surface area contributed by atoms with Crippen LogP contribution in [-0.2, 0) is 5.54 Å². The zero-order valence-electron chi connectivity index (χ0n) is 15.4. The fourth-order valence-electron chi connectivity index (χ4n) is 2.81. The van der Waals surface area contributed by atoms with Gasteiger partial charge in [-0.3, -0.25) is 14.6 Å². The van der Waals surface area contributed by atoms with Gasteiger partial charge in [0.05, 0.1) is 17.3 Å². The van der Waals surface area contributed by atoms with Crippen LogP contribution in [0, 0.1) is 20.8 Å². The highest BCUT2D eigenvalue weighted by molar-refractivity contribution is 6.05. The number of H-pyrrole nitrogens is 1. The molecule has 0 bridgehead atoms. The Morgan fingerprint density at radius 3 is 2.52 bits per heavy atom. The topological polar surface area (TPSA) is 88.7 Å². The molecule has 0 saturated heterocycles. The number of aromatic amines is 1. The van der Waals surface area contributed by atoms with Crippen LogP contribution >= 0.6 is 0 Å². The van der Waals surface area contributed by atoms with Gasteiger partial charge in [0.25, 0.3) is 5.91 Å². The van der Waals surface area contributed by atoms with Crippen LogP contribution in [0.5, 0.6) is 0 Å². The molecule has 7 nitrogen and oxygen atoms in total. The molecule has 2 N–H and O–H groups in total. The Hall–Kier alpha value is -2.83. The predicted molar refractivity (Wildman–Crippen MR) is 95.7 cm³/mol. The molecule has 0 aliphatic carbocycles. The van der Waals surface area contributed by atoms with Gasteiger partial charge in [-0.1, -0.05) is 0 Å². The molecule has 25 heavy (non-hydrogen) atoms. The van der Waals surface area contributed by atoms with Crippen molar-refractivity contribution >= 4 is 11.7 Å². The highest BCUT2D eigenvalue weighted by Crippen LogP contribution is 2.28. The molecule has 0 atom stereocenters. The maximum atomic E-state index is 12.6. The second-order valence-electron chi connectivity index (χ2n) is 7.16. The number of nitrogens with zero attached hydrogens (tertiary/aromatic N) is 3. The largest absolute Gasteiger partial charge is 0.460 e. The number of furan rings is 1. The molecule has 1 amide bonds. The minimum Gasteiger partial charge on any atom is -0.460 e. The monoisotopic (exact) mass is 341 g/mol. The molecule has 3 rings (SSSR count). The van der Waals surface area contributed by atoms with E-state index in [9.17, 15) is 4.79 Å². The fraction of sp³-hybridized carbons (Fsp3) is 0.389. The fourth-order valence-corrected chi connectivity index (χ4v) is 2.81. The van der Waals surface area contributed by atoms with Crippen molar-refractivity contribution in [2.24, 2.45) is 0 Å². The summed E-state index contributed by atoms with van der Waals surface area (Å²) in [5.41, 5.74) is 2.75. The summed E-state index contributed by atoms with van der Waals surface area (Å²) in [6.07, 6.45) is 1.59. The maximum Gasteiger partial charge on any atom is 0.260 e. The van der Waals surface area contributed by atoms with Gasteiger partial charge in [-0.25, -0.2) is 0 Å². The van der Waals surface area contributed by atoms with E-state index in [4.69, 9.17) is 4.42 Å². The van der Waals surface area contributed by atoms with Gasteiger partial charge in [0.1, 0.15) is 11.5 Å². The number of aryl methyl sites for hydroxylation is 1. The van der Waals surface area contributed by atoms with Crippen LogP contribution in [0.3, 0.4) is 0 Å². The molecule has 0 saturated carbocycles. The average Bonchev–Trinajstić information content (AvgIpc) is 3.19. The molecular formula is C18H23N5O2. The van der Waals surface area contributed by atoms with Gasteiger partial charge >= 0.3 is 0 Å². The Morgan fingerprint density at radius 1 is 1.24 bits per heavy atom. The van der Waals surface area contributed by atoms with Crippen molar-refractivity contribution in [3.05, 3.63) is 40.9 Å². The zero-order chi connectivity index (χ0) is 18.4. The molecule has 3 aromatic heterocycles. The van der Waals surface area contributed by atoms with E-state index in [-0.39, 0.29) is 11.4 Å². The molecule has 0 aromatic carbocycles. The van der Waals surface area contributed by atoms with Crippen LogP contribution in [-0.4, -0.2) is 25.9 Å². The molecule has 0 fully saturated rings. The Morgan fingerprint density at radius 2 is 1.96 bits per heavy atom. The van der Waals surface area contributed by atoms with E-state index in [0.29, 0.717) is 17.1 Å². The molecule has 0 unspecified atom stereocenters. The highest BCUT2D eigenvalue weighted by Gasteiger charge is 2.23. The summed E-state index contributed by atoms with van der Waals surface area (Å²) >= 11 is 0. The van der Waals surface area contributed by atoms with Crippen LogP contribution in [0.25, 0.3) is 11.5 Å². The van der Waals surface area contributed by atoms with E-state index in [1.54, 1.807) is 6.20 Å². The quantitative estimate of drug-likeness (QED) is 0.758. The van der Waals surface area contributed by atoms with Crippen molar-refractivity contribution in [3.63, 3.8) is 0 Å². The van der Waals surface area contributed by atoms with E-state index in [2.05, 4.69) is 20.6 Å². The van der Waals surface area contributed by atoms with Crippen LogP contribution < -0.4 is 5.32 Å². The Bertz CT molecular complexity index is 924. The van der Waals surface area contributed by atoms with E-state index in [1.165, 1.54) is 0 Å². The lowest BCUT2D eigenvalue weighted by molar-refractivity contribution is 0.102. The number of nitrogens with one attached hydrogen (secondary N) is 2. The van der Waals surface area contributed by atoms with Crippen LogP contribution in [0.15, 0.2) is 22.7 Å². The van der Waals surface area contributed by atoms with Gasteiger partial charge in [0.2, 0.25) is 0 Å². The van der Waals surface area contributed by atoms with Crippen molar-refractivity contribution in [2.45, 2.75) is 47.1 Å². The molecule has 0 spiro atoms. The van der Waals surface area contributed by atoms with E-state index >= 15 is 0 Å². The van der Waals surface area contributed by atoms with Crippen LogP contribution in [0.4, 0.5) is 5.82 Å². The lowest BCUT2D eigenvalue weighted by Crippen LogP contribution is -2.25. The van der Waals surface area contributed by atoms with E-state index < -0.39 is 0 Å². The molecule has 0 radical (unpaired) electrons. The van der Waals surface area contributed by atoms with Crippen molar-refractivity contribution in [1.29, 1.82) is 0 Å². The molecule has 0 aliphatic heterocycles. The number of hydrogen-bond acceptors (Lipinski definition) is 4. The minimum absolute atomic E-state index is 0.185. The Balaban J connectivity index is 1.85. The number of aromatic nitrogens is 4. The molecule has 3 heterocycles. The third-order valence-electron chi connectivity index (χ3n) is 4.12. The minimum atomic E-state index is -0.232. The summed E-state index contributed by atoms with van der Waals surface area (Å²) < 4.78 is 7.46. The first-order valence-corrected chi connectivity index (χ1v) is 8.16. The maximum absolute atomic E-state index is 12.6.